The molecule has 0 aromatic carbocycles. The molecule has 82 heavy (non-hydrogen) atoms. The van der Waals surface area contributed by atoms with Gasteiger partial charge in [-0.25, -0.2) is 0 Å². The number of esters is 3. The van der Waals surface area contributed by atoms with Crippen molar-refractivity contribution in [3.8, 4) is 0 Å². The minimum absolute atomic E-state index is 0.0894. The topological polar surface area (TPSA) is 78.9 Å². The first-order chi connectivity index (χ1) is 40.5. The van der Waals surface area contributed by atoms with Crippen molar-refractivity contribution in [2.75, 3.05) is 13.2 Å². The Morgan fingerprint density at radius 3 is 0.744 bits per heavy atom. The van der Waals surface area contributed by atoms with Gasteiger partial charge in [0.25, 0.3) is 0 Å². The molecule has 0 heterocycles. The van der Waals surface area contributed by atoms with E-state index in [-0.39, 0.29) is 31.1 Å². The number of hydrogen-bond acceptors (Lipinski definition) is 6. The van der Waals surface area contributed by atoms with E-state index in [0.29, 0.717) is 19.3 Å². The summed E-state index contributed by atoms with van der Waals surface area (Å²) in [4.78, 5) is 38.5. The van der Waals surface area contributed by atoms with Crippen molar-refractivity contribution in [3.05, 3.63) is 122 Å². The maximum Gasteiger partial charge on any atom is 0.306 e. The zero-order valence-electron chi connectivity index (χ0n) is 53.7. The Bertz CT molecular complexity index is 1690. The van der Waals surface area contributed by atoms with Gasteiger partial charge in [-0.15, -0.1) is 0 Å². The van der Waals surface area contributed by atoms with Gasteiger partial charge in [0.1, 0.15) is 13.2 Å². The third-order valence-corrected chi connectivity index (χ3v) is 14.7. The van der Waals surface area contributed by atoms with E-state index in [2.05, 4.69) is 142 Å². The molecule has 0 amide bonds. The van der Waals surface area contributed by atoms with Gasteiger partial charge in [0.05, 0.1) is 0 Å². The molecule has 0 aliphatic carbocycles. The van der Waals surface area contributed by atoms with Crippen LogP contribution in [0.2, 0.25) is 0 Å². The van der Waals surface area contributed by atoms with Crippen LogP contribution in [0.3, 0.4) is 0 Å². The second-order valence-electron chi connectivity index (χ2n) is 22.7. The van der Waals surface area contributed by atoms with Gasteiger partial charge in [-0.05, 0) is 109 Å². The van der Waals surface area contributed by atoms with Crippen LogP contribution in [0.25, 0.3) is 0 Å². The van der Waals surface area contributed by atoms with Crippen LogP contribution < -0.4 is 0 Å². The summed E-state index contributed by atoms with van der Waals surface area (Å²) in [5.74, 6) is -0.911. The van der Waals surface area contributed by atoms with Crippen molar-refractivity contribution in [3.63, 3.8) is 0 Å². The largest absolute Gasteiger partial charge is 0.462 e. The van der Waals surface area contributed by atoms with Crippen LogP contribution in [-0.2, 0) is 28.6 Å². The summed E-state index contributed by atoms with van der Waals surface area (Å²) in [6.45, 7) is 6.42. The average Bonchev–Trinajstić information content (AvgIpc) is 3.47. The molecule has 468 valence electrons. The Morgan fingerprint density at radius 2 is 0.476 bits per heavy atom. The summed E-state index contributed by atoms with van der Waals surface area (Å²) in [7, 11) is 0. The van der Waals surface area contributed by atoms with E-state index in [9.17, 15) is 14.4 Å². The van der Waals surface area contributed by atoms with Crippen molar-refractivity contribution in [2.24, 2.45) is 0 Å². The average molecular weight is 1140 g/mol. The summed E-state index contributed by atoms with van der Waals surface area (Å²) >= 11 is 0. The van der Waals surface area contributed by atoms with Gasteiger partial charge in [0.2, 0.25) is 0 Å². The highest BCUT2D eigenvalue weighted by Crippen LogP contribution is 2.17. The smallest absolute Gasteiger partial charge is 0.306 e. The number of allylic oxidation sites excluding steroid dienone is 20. The quantitative estimate of drug-likeness (QED) is 0.0261. The predicted octanol–water partition coefficient (Wildman–Crippen LogP) is 23.9. The predicted molar refractivity (Wildman–Crippen MR) is 357 cm³/mol. The first kappa shape index (κ1) is 77.8. The molecule has 0 aromatic heterocycles. The highest BCUT2D eigenvalue weighted by atomic mass is 16.6. The highest BCUT2D eigenvalue weighted by molar-refractivity contribution is 5.71. The summed E-state index contributed by atoms with van der Waals surface area (Å²) in [6.07, 6.45) is 96.4. The molecule has 0 spiro atoms. The molecule has 6 nitrogen and oxygen atoms in total. The van der Waals surface area contributed by atoms with Crippen LogP contribution in [0.1, 0.15) is 323 Å². The number of ether oxygens (including phenoxy) is 3. The second-order valence-corrected chi connectivity index (χ2v) is 22.7. The minimum Gasteiger partial charge on any atom is -0.462 e. The van der Waals surface area contributed by atoms with Gasteiger partial charge in [0, 0.05) is 19.3 Å². The molecule has 1 atom stereocenters. The molecule has 0 rings (SSSR count). The summed E-state index contributed by atoms with van der Waals surface area (Å²) < 4.78 is 17.0. The van der Waals surface area contributed by atoms with Crippen LogP contribution in [-0.4, -0.2) is 37.2 Å². The fourth-order valence-electron chi connectivity index (χ4n) is 9.62. The zero-order chi connectivity index (χ0) is 59.2. The van der Waals surface area contributed by atoms with E-state index >= 15 is 0 Å². The first-order valence-corrected chi connectivity index (χ1v) is 34.5. The SMILES string of the molecule is CC/C=C\C/C=C\C/C=C\C/C=C\C/C=C\C/C=C\CCCCCCC(=O)OCC(COC(=O)CCCCCCCCCCCCCCCCCCCCCC)OC(=O)CCCCCCCCCC/C=C\C/C=C\C/C=C\C/C=C\CC. The van der Waals surface area contributed by atoms with E-state index in [1.807, 2.05) is 0 Å². The lowest BCUT2D eigenvalue weighted by Crippen LogP contribution is -2.30. The molecule has 0 saturated heterocycles. The van der Waals surface area contributed by atoms with Crippen molar-refractivity contribution in [1.29, 1.82) is 0 Å². The third-order valence-electron chi connectivity index (χ3n) is 14.7. The van der Waals surface area contributed by atoms with Crippen LogP contribution in [0.5, 0.6) is 0 Å². The summed E-state index contributed by atoms with van der Waals surface area (Å²) in [6, 6.07) is 0. The van der Waals surface area contributed by atoms with Crippen LogP contribution in [0.15, 0.2) is 122 Å². The van der Waals surface area contributed by atoms with Gasteiger partial charge < -0.3 is 14.2 Å². The monoisotopic (exact) mass is 1140 g/mol. The zero-order valence-corrected chi connectivity index (χ0v) is 53.7. The van der Waals surface area contributed by atoms with E-state index < -0.39 is 6.10 Å². The van der Waals surface area contributed by atoms with Crippen molar-refractivity contribution in [1.82, 2.24) is 0 Å². The molecule has 0 aliphatic rings. The maximum absolute atomic E-state index is 13.0. The number of rotatable bonds is 62. The molecule has 0 N–H and O–H groups in total. The van der Waals surface area contributed by atoms with Gasteiger partial charge in [-0.3, -0.25) is 14.4 Å². The number of unbranched alkanes of at least 4 members (excludes halogenated alkanes) is 31. The number of carbonyl (C=O) groups is 3. The van der Waals surface area contributed by atoms with Gasteiger partial charge in [-0.1, -0.05) is 316 Å². The molecule has 0 fully saturated rings. The minimum atomic E-state index is -0.798. The molecular weight excluding hydrogens is 1010 g/mol. The normalized spacial score (nSPS) is 12.9. The third kappa shape index (κ3) is 66.6. The van der Waals surface area contributed by atoms with Crippen molar-refractivity contribution >= 4 is 17.9 Å². The Hall–Kier alpha value is -4.19. The Labute approximate surface area is 507 Å². The maximum atomic E-state index is 13.0. The first-order valence-electron chi connectivity index (χ1n) is 34.5. The van der Waals surface area contributed by atoms with Gasteiger partial charge >= 0.3 is 17.9 Å². The fraction of sp³-hybridized carbons (Fsp3) is 0.697. The van der Waals surface area contributed by atoms with Crippen LogP contribution >= 0.6 is 0 Å². The van der Waals surface area contributed by atoms with Gasteiger partial charge in [0.15, 0.2) is 6.10 Å². The summed E-state index contributed by atoms with van der Waals surface area (Å²) in [5, 5.41) is 0. The van der Waals surface area contributed by atoms with Crippen LogP contribution in [0.4, 0.5) is 0 Å². The Balaban J connectivity index is 4.45. The fourth-order valence-corrected chi connectivity index (χ4v) is 9.62. The Morgan fingerprint density at radius 1 is 0.256 bits per heavy atom. The molecule has 0 saturated carbocycles. The van der Waals surface area contributed by atoms with E-state index in [1.165, 1.54) is 141 Å². The van der Waals surface area contributed by atoms with E-state index in [4.69, 9.17) is 14.2 Å². The molecule has 0 radical (unpaired) electrons. The van der Waals surface area contributed by atoms with Crippen molar-refractivity contribution in [2.45, 2.75) is 329 Å². The Kier molecular flexibility index (Phi) is 65.8. The summed E-state index contributed by atoms with van der Waals surface area (Å²) in [5.41, 5.74) is 0. The van der Waals surface area contributed by atoms with Crippen LogP contribution in [0, 0.1) is 0 Å². The molecule has 0 bridgehead atoms. The number of carbonyl (C=O) groups excluding carboxylic acids is 3. The lowest BCUT2D eigenvalue weighted by atomic mass is 10.0. The lowest BCUT2D eigenvalue weighted by Gasteiger charge is -2.18. The van der Waals surface area contributed by atoms with Gasteiger partial charge in [-0.2, -0.15) is 0 Å². The molecular formula is C76H128O6. The highest BCUT2D eigenvalue weighted by Gasteiger charge is 2.19. The van der Waals surface area contributed by atoms with E-state index in [0.717, 1.165) is 141 Å². The van der Waals surface area contributed by atoms with E-state index in [1.54, 1.807) is 0 Å². The molecule has 6 heteroatoms. The van der Waals surface area contributed by atoms with Crippen molar-refractivity contribution < 1.29 is 28.6 Å². The number of hydrogen-bond donors (Lipinski definition) is 0. The molecule has 0 aliphatic heterocycles. The second kappa shape index (κ2) is 69.3. The lowest BCUT2D eigenvalue weighted by molar-refractivity contribution is -0.167. The molecule has 1 unspecified atom stereocenters. The molecule has 0 aromatic rings. The standard InChI is InChI=1S/C76H128O6/c1-4-7-10-13-16-19-22-25-28-31-34-37-38-40-42-45-48-51-54-57-60-63-66-69-75(78)81-72-73(71-80-74(77)68-65-62-59-56-53-50-47-44-41-36-33-30-27-24-21-18-15-12-9-6-3)82-76(79)70-67-64-61-58-55-52-49-46-43-39-35-32-29-26-23-20-17-14-11-8-5-2/h7-8,10-11,16-17,19-20,25-26,28-29,34-35,37,39-40,42,48,51,73H,4-6,9,12-15,18,21-24,27,30-33,36,38,41,43-47,49-50,52-72H2,1-3H3/b10-7-,11-8-,19-16-,20-17-,28-25-,29-26-,37-34-,39-35-,42-40-,51-48-.